The van der Waals surface area contributed by atoms with E-state index < -0.39 is 10.0 Å². The van der Waals surface area contributed by atoms with E-state index in [0.29, 0.717) is 24.2 Å². The Morgan fingerprint density at radius 3 is 2.89 bits per heavy atom. The highest BCUT2D eigenvalue weighted by molar-refractivity contribution is 7.89. The number of sulfonamides is 1. The van der Waals surface area contributed by atoms with Gasteiger partial charge in [-0.1, -0.05) is 19.8 Å². The maximum Gasteiger partial charge on any atom is 0.257 e. The van der Waals surface area contributed by atoms with Gasteiger partial charge < -0.3 is 4.98 Å². The first-order valence-corrected chi connectivity index (χ1v) is 7.97. The van der Waals surface area contributed by atoms with Crippen molar-refractivity contribution in [3.05, 3.63) is 12.0 Å². The molecule has 0 amide bonds. The fraction of sp³-hybridized carbons (Fsp3) is 0.750. The SMILES string of the molecule is Cc1ncc(S(=O)(=O)NCC2CCCC(C)C2)[nH]1. The third-order valence-electron chi connectivity index (χ3n) is 3.58. The fourth-order valence-electron chi connectivity index (χ4n) is 2.59. The van der Waals surface area contributed by atoms with Crippen molar-refractivity contribution in [2.24, 2.45) is 11.8 Å². The van der Waals surface area contributed by atoms with Crippen molar-refractivity contribution in [3.63, 3.8) is 0 Å². The summed E-state index contributed by atoms with van der Waals surface area (Å²) < 4.78 is 26.7. The molecule has 18 heavy (non-hydrogen) atoms. The highest BCUT2D eigenvalue weighted by Crippen LogP contribution is 2.28. The third kappa shape index (κ3) is 3.32. The van der Waals surface area contributed by atoms with Gasteiger partial charge in [0.1, 0.15) is 5.82 Å². The molecule has 0 spiro atoms. The monoisotopic (exact) mass is 271 g/mol. The van der Waals surface area contributed by atoms with E-state index in [1.165, 1.54) is 19.0 Å². The van der Waals surface area contributed by atoms with Crippen LogP contribution in [0.1, 0.15) is 38.4 Å². The largest absolute Gasteiger partial charge is 0.332 e. The summed E-state index contributed by atoms with van der Waals surface area (Å²) in [5.41, 5.74) is 0. The van der Waals surface area contributed by atoms with Crippen LogP contribution in [0.15, 0.2) is 11.2 Å². The van der Waals surface area contributed by atoms with Gasteiger partial charge in [-0.2, -0.15) is 0 Å². The molecule has 1 aromatic rings. The Morgan fingerprint density at radius 1 is 1.50 bits per heavy atom. The fourth-order valence-corrected chi connectivity index (χ4v) is 3.67. The molecule has 102 valence electrons. The van der Waals surface area contributed by atoms with Crippen molar-refractivity contribution in [3.8, 4) is 0 Å². The molecule has 1 fully saturated rings. The van der Waals surface area contributed by atoms with Crippen LogP contribution in [-0.2, 0) is 10.0 Å². The second-order valence-electron chi connectivity index (χ2n) is 5.32. The minimum Gasteiger partial charge on any atom is -0.332 e. The average molecular weight is 271 g/mol. The van der Waals surface area contributed by atoms with E-state index in [0.717, 1.165) is 12.8 Å². The lowest BCUT2D eigenvalue weighted by Crippen LogP contribution is -2.31. The number of aryl methyl sites for hydroxylation is 1. The van der Waals surface area contributed by atoms with Crippen molar-refractivity contribution >= 4 is 10.0 Å². The summed E-state index contributed by atoms with van der Waals surface area (Å²) in [7, 11) is -3.42. The van der Waals surface area contributed by atoms with Gasteiger partial charge in [0, 0.05) is 6.54 Å². The molecule has 0 saturated heterocycles. The Hall–Kier alpha value is -0.880. The van der Waals surface area contributed by atoms with Crippen molar-refractivity contribution in [1.29, 1.82) is 0 Å². The molecule has 1 saturated carbocycles. The molecule has 2 N–H and O–H groups in total. The normalized spacial score (nSPS) is 25.2. The number of aromatic nitrogens is 2. The predicted molar refractivity (Wildman–Crippen MR) is 69.6 cm³/mol. The summed E-state index contributed by atoms with van der Waals surface area (Å²) in [6.07, 6.45) is 6.07. The van der Waals surface area contributed by atoms with E-state index >= 15 is 0 Å². The number of imidazole rings is 1. The standard InChI is InChI=1S/C12H21N3O2S/c1-9-4-3-5-11(6-9)7-14-18(16,17)12-8-13-10(2)15-12/h8-9,11,14H,3-7H2,1-2H3,(H,13,15). The molecular formula is C12H21N3O2S. The van der Waals surface area contributed by atoms with Crippen molar-refractivity contribution in [2.75, 3.05) is 6.54 Å². The molecule has 0 aliphatic heterocycles. The molecule has 1 aliphatic carbocycles. The summed E-state index contributed by atoms with van der Waals surface area (Å²) in [5.74, 6) is 1.79. The number of nitrogens with zero attached hydrogens (tertiary/aromatic N) is 1. The number of hydrogen-bond donors (Lipinski definition) is 2. The van der Waals surface area contributed by atoms with Crippen LogP contribution < -0.4 is 4.72 Å². The summed E-state index contributed by atoms with van der Waals surface area (Å²) >= 11 is 0. The molecule has 0 aromatic carbocycles. The van der Waals surface area contributed by atoms with Gasteiger partial charge >= 0.3 is 0 Å². The molecule has 6 heteroatoms. The molecule has 0 bridgehead atoms. The van der Waals surface area contributed by atoms with Crippen LogP contribution in [0.2, 0.25) is 0 Å². The lowest BCUT2D eigenvalue weighted by atomic mass is 9.83. The maximum atomic E-state index is 12.0. The van der Waals surface area contributed by atoms with Gasteiger partial charge in [0.05, 0.1) is 6.20 Å². The van der Waals surface area contributed by atoms with Crippen molar-refractivity contribution < 1.29 is 8.42 Å². The average Bonchev–Trinajstić information content (AvgIpc) is 2.74. The Bertz CT molecular complexity index is 495. The summed E-state index contributed by atoms with van der Waals surface area (Å²) in [5, 5.41) is 0.156. The number of H-pyrrole nitrogens is 1. The highest BCUT2D eigenvalue weighted by Gasteiger charge is 2.22. The second kappa shape index (κ2) is 5.40. The Kier molecular flexibility index (Phi) is 4.07. The van der Waals surface area contributed by atoms with E-state index in [1.54, 1.807) is 6.92 Å². The Labute approximate surface area is 108 Å². The first-order chi connectivity index (χ1) is 8.47. The van der Waals surface area contributed by atoms with Gasteiger partial charge in [0.2, 0.25) is 0 Å². The van der Waals surface area contributed by atoms with Crippen LogP contribution in [0.4, 0.5) is 0 Å². The molecule has 1 aliphatic rings. The van der Waals surface area contributed by atoms with E-state index in [-0.39, 0.29) is 5.03 Å². The minimum atomic E-state index is -3.42. The quantitative estimate of drug-likeness (QED) is 0.877. The van der Waals surface area contributed by atoms with Gasteiger partial charge in [-0.25, -0.2) is 18.1 Å². The first-order valence-electron chi connectivity index (χ1n) is 6.48. The summed E-state index contributed by atoms with van der Waals surface area (Å²) in [6, 6.07) is 0. The summed E-state index contributed by atoms with van der Waals surface area (Å²) in [4.78, 5) is 6.67. The lowest BCUT2D eigenvalue weighted by Gasteiger charge is -2.26. The second-order valence-corrected chi connectivity index (χ2v) is 7.06. The zero-order valence-electron chi connectivity index (χ0n) is 10.9. The maximum absolute atomic E-state index is 12.0. The van der Waals surface area contributed by atoms with Crippen LogP contribution in [-0.4, -0.2) is 24.9 Å². The summed E-state index contributed by atoms with van der Waals surface area (Å²) in [6.45, 7) is 4.51. The van der Waals surface area contributed by atoms with E-state index in [2.05, 4.69) is 21.6 Å². The van der Waals surface area contributed by atoms with Crippen LogP contribution in [0.5, 0.6) is 0 Å². The van der Waals surface area contributed by atoms with Gasteiger partial charge in [-0.3, -0.25) is 0 Å². The van der Waals surface area contributed by atoms with Crippen LogP contribution in [0.3, 0.4) is 0 Å². The number of rotatable bonds is 4. The van der Waals surface area contributed by atoms with Crippen molar-refractivity contribution in [1.82, 2.24) is 14.7 Å². The van der Waals surface area contributed by atoms with Gasteiger partial charge in [-0.05, 0) is 31.6 Å². The van der Waals surface area contributed by atoms with E-state index in [1.807, 2.05) is 0 Å². The highest BCUT2D eigenvalue weighted by atomic mass is 32.2. The molecule has 2 unspecified atom stereocenters. The van der Waals surface area contributed by atoms with E-state index in [9.17, 15) is 8.42 Å². The third-order valence-corrected chi connectivity index (χ3v) is 4.91. The van der Waals surface area contributed by atoms with Crippen LogP contribution >= 0.6 is 0 Å². The van der Waals surface area contributed by atoms with Crippen LogP contribution in [0.25, 0.3) is 0 Å². The molecule has 5 nitrogen and oxygen atoms in total. The molecule has 2 atom stereocenters. The number of hydrogen-bond acceptors (Lipinski definition) is 3. The minimum absolute atomic E-state index is 0.156. The molecule has 2 rings (SSSR count). The van der Waals surface area contributed by atoms with Crippen LogP contribution in [0, 0.1) is 18.8 Å². The Morgan fingerprint density at radius 2 is 2.28 bits per heavy atom. The molecular weight excluding hydrogens is 250 g/mol. The van der Waals surface area contributed by atoms with E-state index in [4.69, 9.17) is 0 Å². The Balaban J connectivity index is 1.93. The topological polar surface area (TPSA) is 74.8 Å². The number of aromatic amines is 1. The smallest absolute Gasteiger partial charge is 0.257 e. The van der Waals surface area contributed by atoms with Gasteiger partial charge in [0.25, 0.3) is 10.0 Å². The molecule has 1 aromatic heterocycles. The molecule has 1 heterocycles. The van der Waals surface area contributed by atoms with Crippen molar-refractivity contribution in [2.45, 2.75) is 44.6 Å². The zero-order chi connectivity index (χ0) is 13.2. The molecule has 0 radical (unpaired) electrons. The zero-order valence-corrected chi connectivity index (χ0v) is 11.8. The first kappa shape index (κ1) is 13.5. The lowest BCUT2D eigenvalue weighted by molar-refractivity contribution is 0.283. The van der Waals surface area contributed by atoms with Gasteiger partial charge in [0.15, 0.2) is 5.03 Å². The predicted octanol–water partition coefficient (Wildman–Crippen LogP) is 1.82. The number of nitrogens with one attached hydrogen (secondary N) is 2. The van der Waals surface area contributed by atoms with Gasteiger partial charge in [-0.15, -0.1) is 0 Å².